The zero-order valence-electron chi connectivity index (χ0n) is 14.1. The number of benzene rings is 2. The molecule has 0 saturated carbocycles. The van der Waals surface area contributed by atoms with Crippen molar-refractivity contribution in [2.45, 2.75) is 18.3 Å². The molecule has 4 nitrogen and oxygen atoms in total. The van der Waals surface area contributed by atoms with E-state index < -0.39 is 5.41 Å². The summed E-state index contributed by atoms with van der Waals surface area (Å²) in [6.45, 7) is 0.960. The molecule has 3 rings (SSSR count). The summed E-state index contributed by atoms with van der Waals surface area (Å²) in [5.41, 5.74) is 0.730. The highest BCUT2D eigenvalue weighted by Crippen LogP contribution is 2.37. The second-order valence-corrected chi connectivity index (χ2v) is 6.62. The van der Waals surface area contributed by atoms with Gasteiger partial charge < -0.3 is 9.64 Å². The molecule has 1 aliphatic rings. The Morgan fingerprint density at radius 2 is 1.60 bits per heavy atom. The highest BCUT2D eigenvalue weighted by Gasteiger charge is 2.44. The van der Waals surface area contributed by atoms with Gasteiger partial charge in [-0.25, -0.2) is 0 Å². The van der Waals surface area contributed by atoms with Crippen molar-refractivity contribution in [3.63, 3.8) is 0 Å². The number of likely N-dealkylation sites (tertiary alicyclic amines) is 1. The molecule has 1 aliphatic heterocycles. The number of carbonyl (C=O) groups excluding carboxylic acids is 2. The van der Waals surface area contributed by atoms with Gasteiger partial charge in [-0.1, -0.05) is 54.1 Å². The zero-order chi connectivity index (χ0) is 17.9. The number of methoxy groups -OCH3 is 1. The van der Waals surface area contributed by atoms with Crippen molar-refractivity contribution < 1.29 is 14.3 Å². The van der Waals surface area contributed by atoms with Gasteiger partial charge in [-0.3, -0.25) is 9.59 Å². The van der Waals surface area contributed by atoms with E-state index in [0.717, 1.165) is 5.56 Å². The molecular weight excluding hydrogens is 338 g/mol. The second-order valence-electron chi connectivity index (χ2n) is 6.21. The molecule has 0 bridgehead atoms. The number of esters is 1. The maximum atomic E-state index is 12.7. The Hall–Kier alpha value is -2.33. The predicted molar refractivity (Wildman–Crippen MR) is 96.7 cm³/mol. The van der Waals surface area contributed by atoms with Crippen LogP contribution in [0.4, 0.5) is 0 Å². The van der Waals surface area contributed by atoms with E-state index in [1.807, 2.05) is 30.3 Å². The molecule has 25 heavy (non-hydrogen) atoms. The lowest BCUT2D eigenvalue weighted by Gasteiger charge is -2.40. The van der Waals surface area contributed by atoms with Gasteiger partial charge in [0.05, 0.1) is 23.1 Å². The van der Waals surface area contributed by atoms with Crippen molar-refractivity contribution in [3.05, 3.63) is 70.7 Å². The molecule has 1 saturated heterocycles. The van der Waals surface area contributed by atoms with Crippen molar-refractivity contribution in [1.29, 1.82) is 0 Å². The van der Waals surface area contributed by atoms with Crippen LogP contribution < -0.4 is 0 Å². The Labute approximate surface area is 152 Å². The smallest absolute Gasteiger partial charge is 0.316 e. The molecule has 1 fully saturated rings. The summed E-state index contributed by atoms with van der Waals surface area (Å²) < 4.78 is 5.08. The average molecular weight is 358 g/mol. The van der Waals surface area contributed by atoms with Crippen LogP contribution in [0.3, 0.4) is 0 Å². The van der Waals surface area contributed by atoms with Crippen LogP contribution >= 0.6 is 11.6 Å². The number of piperidine rings is 1. The van der Waals surface area contributed by atoms with Crippen LogP contribution in [-0.4, -0.2) is 37.0 Å². The van der Waals surface area contributed by atoms with Crippen molar-refractivity contribution in [2.24, 2.45) is 0 Å². The molecule has 130 valence electrons. The Morgan fingerprint density at radius 1 is 1.00 bits per heavy atom. The molecule has 0 unspecified atom stereocenters. The van der Waals surface area contributed by atoms with Crippen molar-refractivity contribution in [2.75, 3.05) is 20.2 Å². The number of nitrogens with zero attached hydrogens (tertiary/aromatic N) is 1. The van der Waals surface area contributed by atoms with E-state index in [2.05, 4.69) is 0 Å². The van der Waals surface area contributed by atoms with E-state index in [-0.39, 0.29) is 11.9 Å². The van der Waals surface area contributed by atoms with E-state index in [0.29, 0.717) is 36.5 Å². The third-order valence-electron chi connectivity index (χ3n) is 4.91. The SMILES string of the molecule is COC(=O)C1(c2ccccc2)CCN(C(=O)c2ccccc2Cl)CC1. The molecule has 0 aromatic heterocycles. The third kappa shape index (κ3) is 3.27. The maximum absolute atomic E-state index is 12.7. The Morgan fingerprint density at radius 3 is 2.20 bits per heavy atom. The molecule has 0 N–H and O–H groups in total. The maximum Gasteiger partial charge on any atom is 0.316 e. The number of ether oxygens (including phenoxy) is 1. The van der Waals surface area contributed by atoms with Gasteiger partial charge in [0, 0.05) is 13.1 Å². The summed E-state index contributed by atoms with van der Waals surface area (Å²) in [7, 11) is 1.41. The van der Waals surface area contributed by atoms with E-state index in [1.54, 1.807) is 29.2 Å². The normalized spacial score (nSPS) is 16.3. The molecule has 0 atom stereocenters. The first kappa shape index (κ1) is 17.5. The summed E-state index contributed by atoms with van der Waals surface area (Å²) in [6.07, 6.45) is 1.06. The molecule has 1 heterocycles. The van der Waals surface area contributed by atoms with E-state index in [4.69, 9.17) is 16.3 Å². The number of rotatable bonds is 3. The number of hydrogen-bond acceptors (Lipinski definition) is 3. The van der Waals surface area contributed by atoms with Gasteiger partial charge in [-0.15, -0.1) is 0 Å². The van der Waals surface area contributed by atoms with Crippen molar-refractivity contribution >= 4 is 23.5 Å². The Bertz CT molecular complexity index is 768. The van der Waals surface area contributed by atoms with Crippen LogP contribution in [0.1, 0.15) is 28.8 Å². The van der Waals surface area contributed by atoms with E-state index >= 15 is 0 Å². The predicted octanol–water partition coefficient (Wildman–Crippen LogP) is 3.69. The summed E-state index contributed by atoms with van der Waals surface area (Å²) in [6, 6.07) is 16.7. The fraction of sp³-hybridized carbons (Fsp3) is 0.300. The van der Waals surface area contributed by atoms with Crippen LogP contribution in [-0.2, 0) is 14.9 Å². The first-order valence-electron chi connectivity index (χ1n) is 8.26. The zero-order valence-corrected chi connectivity index (χ0v) is 14.8. The lowest BCUT2D eigenvalue weighted by Crippen LogP contribution is -2.49. The van der Waals surface area contributed by atoms with Gasteiger partial charge in [0.2, 0.25) is 0 Å². The molecule has 0 spiro atoms. The summed E-state index contributed by atoms with van der Waals surface area (Å²) >= 11 is 6.14. The number of hydrogen-bond donors (Lipinski definition) is 0. The third-order valence-corrected chi connectivity index (χ3v) is 5.24. The highest BCUT2D eigenvalue weighted by molar-refractivity contribution is 6.33. The first-order chi connectivity index (χ1) is 12.1. The van der Waals surface area contributed by atoms with Gasteiger partial charge in [0.1, 0.15) is 0 Å². The minimum Gasteiger partial charge on any atom is -0.468 e. The number of halogens is 1. The standard InChI is InChI=1S/C20H20ClNO3/c1-25-19(24)20(15-7-3-2-4-8-15)11-13-22(14-12-20)18(23)16-9-5-6-10-17(16)21/h2-10H,11-14H2,1H3. The number of amides is 1. The molecule has 5 heteroatoms. The lowest BCUT2D eigenvalue weighted by atomic mass is 9.72. The average Bonchev–Trinajstić information content (AvgIpc) is 2.68. The summed E-state index contributed by atoms with van der Waals surface area (Å²) in [4.78, 5) is 27.0. The van der Waals surface area contributed by atoms with Crippen molar-refractivity contribution in [1.82, 2.24) is 4.90 Å². The van der Waals surface area contributed by atoms with Gasteiger partial charge in [0.15, 0.2) is 0 Å². The Kier molecular flexibility index (Phi) is 5.09. The van der Waals surface area contributed by atoms with E-state index in [9.17, 15) is 9.59 Å². The van der Waals surface area contributed by atoms with Crippen LogP contribution in [0.25, 0.3) is 0 Å². The summed E-state index contributed by atoms with van der Waals surface area (Å²) in [5.74, 6) is -0.347. The lowest BCUT2D eigenvalue weighted by molar-refractivity contribution is -0.149. The van der Waals surface area contributed by atoms with Crippen LogP contribution in [0, 0.1) is 0 Å². The minimum atomic E-state index is -0.701. The van der Waals surface area contributed by atoms with Gasteiger partial charge in [-0.2, -0.15) is 0 Å². The molecule has 2 aromatic carbocycles. The van der Waals surface area contributed by atoms with Crippen LogP contribution in [0.15, 0.2) is 54.6 Å². The second kappa shape index (κ2) is 7.28. The molecule has 1 amide bonds. The monoisotopic (exact) mass is 357 g/mol. The Balaban J connectivity index is 1.82. The molecule has 0 radical (unpaired) electrons. The van der Waals surface area contributed by atoms with Crippen molar-refractivity contribution in [3.8, 4) is 0 Å². The first-order valence-corrected chi connectivity index (χ1v) is 8.64. The fourth-order valence-electron chi connectivity index (χ4n) is 3.46. The molecule has 2 aromatic rings. The summed E-state index contributed by atoms with van der Waals surface area (Å²) in [5, 5.41) is 0.445. The van der Waals surface area contributed by atoms with E-state index in [1.165, 1.54) is 7.11 Å². The molecule has 0 aliphatic carbocycles. The minimum absolute atomic E-state index is 0.0999. The molecular formula is C20H20ClNO3. The van der Waals surface area contributed by atoms with Gasteiger partial charge >= 0.3 is 5.97 Å². The van der Waals surface area contributed by atoms with Gasteiger partial charge in [-0.05, 0) is 30.5 Å². The highest BCUT2D eigenvalue weighted by atomic mass is 35.5. The quantitative estimate of drug-likeness (QED) is 0.787. The largest absolute Gasteiger partial charge is 0.468 e. The van der Waals surface area contributed by atoms with Gasteiger partial charge in [0.25, 0.3) is 5.91 Å². The van der Waals surface area contributed by atoms with Crippen LogP contribution in [0.2, 0.25) is 5.02 Å². The van der Waals surface area contributed by atoms with Crippen LogP contribution in [0.5, 0.6) is 0 Å². The topological polar surface area (TPSA) is 46.6 Å². The number of carbonyl (C=O) groups is 2. The fourth-order valence-corrected chi connectivity index (χ4v) is 3.68.